The van der Waals surface area contributed by atoms with Crippen molar-refractivity contribution in [1.82, 2.24) is 4.98 Å². The van der Waals surface area contributed by atoms with Gasteiger partial charge in [-0.25, -0.2) is 4.98 Å². The molecule has 0 spiro atoms. The van der Waals surface area contributed by atoms with Gasteiger partial charge in [-0.05, 0) is 70.2 Å². The lowest BCUT2D eigenvalue weighted by Gasteiger charge is -2.12. The number of hydrogen-bond acceptors (Lipinski definition) is 6. The van der Waals surface area contributed by atoms with Crippen LogP contribution in [0.3, 0.4) is 0 Å². The molecule has 2 aromatic carbocycles. The first-order valence-corrected chi connectivity index (χ1v) is 10.4. The van der Waals surface area contributed by atoms with Crippen LogP contribution < -0.4 is 14.2 Å². The van der Waals surface area contributed by atoms with E-state index in [2.05, 4.69) is 4.98 Å². The van der Waals surface area contributed by atoms with Gasteiger partial charge >= 0.3 is 0 Å². The van der Waals surface area contributed by atoms with Gasteiger partial charge in [0.15, 0.2) is 17.3 Å². The van der Waals surface area contributed by atoms with Crippen LogP contribution in [0.2, 0.25) is 0 Å². The van der Waals surface area contributed by atoms with Crippen molar-refractivity contribution in [1.29, 1.82) is 0 Å². The van der Waals surface area contributed by atoms with E-state index in [1.54, 1.807) is 18.2 Å². The molecule has 0 saturated heterocycles. The highest BCUT2D eigenvalue weighted by Crippen LogP contribution is 2.32. The molecule has 1 heterocycles. The van der Waals surface area contributed by atoms with E-state index in [1.165, 1.54) is 12.3 Å². The number of rotatable bonds is 10. The molecule has 31 heavy (non-hydrogen) atoms. The summed E-state index contributed by atoms with van der Waals surface area (Å²) in [6.45, 7) is 8.75. The third-order valence-corrected chi connectivity index (χ3v) is 4.23. The molecule has 0 amide bonds. The van der Waals surface area contributed by atoms with Gasteiger partial charge < -0.3 is 18.6 Å². The molecule has 6 heteroatoms. The van der Waals surface area contributed by atoms with Crippen molar-refractivity contribution in [3.05, 3.63) is 66.1 Å². The van der Waals surface area contributed by atoms with Gasteiger partial charge in [-0.15, -0.1) is 0 Å². The average Bonchev–Trinajstić information content (AvgIpc) is 3.23. The van der Waals surface area contributed by atoms with Crippen molar-refractivity contribution in [3.8, 4) is 28.7 Å². The van der Waals surface area contributed by atoms with Gasteiger partial charge in [0, 0.05) is 5.56 Å². The van der Waals surface area contributed by atoms with Gasteiger partial charge in [-0.3, -0.25) is 4.79 Å². The number of ether oxygens (including phenoxy) is 3. The zero-order valence-electron chi connectivity index (χ0n) is 18.3. The number of hydrogen-bond donors (Lipinski definition) is 0. The normalized spacial score (nSPS) is 11.1. The van der Waals surface area contributed by atoms with Crippen LogP contribution in [0.5, 0.6) is 17.2 Å². The number of ketones is 1. The van der Waals surface area contributed by atoms with E-state index in [4.69, 9.17) is 18.6 Å². The van der Waals surface area contributed by atoms with Crippen molar-refractivity contribution in [2.24, 2.45) is 0 Å². The van der Waals surface area contributed by atoms with Crippen molar-refractivity contribution in [2.45, 2.75) is 33.8 Å². The number of benzene rings is 2. The van der Waals surface area contributed by atoms with E-state index in [0.29, 0.717) is 47.6 Å². The van der Waals surface area contributed by atoms with Crippen LogP contribution in [0.25, 0.3) is 17.5 Å². The number of allylic oxidation sites excluding steroid dienone is 1. The maximum Gasteiger partial charge on any atom is 0.226 e. The second-order valence-electron chi connectivity index (χ2n) is 6.97. The SMILES string of the molecule is CCOc1ccc(-c2nc(/C=C/C(=O)c3ccccc3OC(C)C)co2)cc1OCC. The fourth-order valence-corrected chi connectivity index (χ4v) is 2.96. The van der Waals surface area contributed by atoms with Crippen molar-refractivity contribution >= 4 is 11.9 Å². The Kier molecular flexibility index (Phi) is 7.49. The Labute approximate surface area is 182 Å². The fourth-order valence-electron chi connectivity index (χ4n) is 2.96. The number of oxazole rings is 1. The molecule has 0 N–H and O–H groups in total. The van der Waals surface area contributed by atoms with Gasteiger partial charge in [-0.2, -0.15) is 0 Å². The Hall–Kier alpha value is -3.54. The van der Waals surface area contributed by atoms with Gasteiger partial charge in [-0.1, -0.05) is 12.1 Å². The molecule has 0 unspecified atom stereocenters. The lowest BCUT2D eigenvalue weighted by molar-refractivity contribution is 0.104. The fraction of sp³-hybridized carbons (Fsp3) is 0.280. The summed E-state index contributed by atoms with van der Waals surface area (Å²) in [6, 6.07) is 12.7. The van der Waals surface area contributed by atoms with E-state index in [1.807, 2.05) is 58.0 Å². The Balaban J connectivity index is 1.78. The molecule has 0 saturated carbocycles. The highest BCUT2D eigenvalue weighted by Gasteiger charge is 2.13. The lowest BCUT2D eigenvalue weighted by atomic mass is 10.1. The molecule has 0 radical (unpaired) electrons. The molecule has 0 aliphatic carbocycles. The second-order valence-corrected chi connectivity index (χ2v) is 6.97. The zero-order chi connectivity index (χ0) is 22.2. The van der Waals surface area contributed by atoms with Gasteiger partial charge in [0.05, 0.1) is 24.9 Å². The van der Waals surface area contributed by atoms with Crippen LogP contribution >= 0.6 is 0 Å². The lowest BCUT2D eigenvalue weighted by Crippen LogP contribution is -2.09. The van der Waals surface area contributed by atoms with Crippen molar-refractivity contribution in [3.63, 3.8) is 0 Å². The summed E-state index contributed by atoms with van der Waals surface area (Å²) in [4.78, 5) is 17.1. The van der Waals surface area contributed by atoms with Crippen molar-refractivity contribution < 1.29 is 23.4 Å². The van der Waals surface area contributed by atoms with Crippen molar-refractivity contribution in [2.75, 3.05) is 13.2 Å². The van der Waals surface area contributed by atoms with Crippen LogP contribution in [-0.2, 0) is 0 Å². The molecule has 0 aliphatic rings. The highest BCUT2D eigenvalue weighted by molar-refractivity contribution is 6.08. The Morgan fingerprint density at radius 2 is 1.77 bits per heavy atom. The molecular formula is C25H27NO5. The Morgan fingerprint density at radius 1 is 1.03 bits per heavy atom. The summed E-state index contributed by atoms with van der Waals surface area (Å²) in [5.41, 5.74) is 1.80. The van der Waals surface area contributed by atoms with E-state index < -0.39 is 0 Å². The van der Waals surface area contributed by atoms with Gasteiger partial charge in [0.1, 0.15) is 17.7 Å². The summed E-state index contributed by atoms with van der Waals surface area (Å²) in [7, 11) is 0. The summed E-state index contributed by atoms with van der Waals surface area (Å²) in [5, 5.41) is 0. The minimum absolute atomic E-state index is 0.0216. The molecule has 0 atom stereocenters. The maximum atomic E-state index is 12.7. The topological polar surface area (TPSA) is 70.8 Å². The molecular weight excluding hydrogens is 394 g/mol. The van der Waals surface area contributed by atoms with Crippen LogP contribution in [0.1, 0.15) is 43.7 Å². The predicted octanol–water partition coefficient (Wildman–Crippen LogP) is 5.82. The summed E-state index contributed by atoms with van der Waals surface area (Å²) in [5.74, 6) is 2.13. The monoisotopic (exact) mass is 421 g/mol. The number of nitrogens with zero attached hydrogens (tertiary/aromatic N) is 1. The van der Waals surface area contributed by atoms with Gasteiger partial charge in [0.25, 0.3) is 0 Å². The molecule has 0 fully saturated rings. The largest absolute Gasteiger partial charge is 0.490 e. The molecule has 0 bridgehead atoms. The van der Waals surface area contributed by atoms with E-state index in [0.717, 1.165) is 5.56 Å². The van der Waals surface area contributed by atoms with Crippen LogP contribution in [0, 0.1) is 0 Å². The Morgan fingerprint density at radius 3 is 2.52 bits per heavy atom. The molecule has 1 aromatic heterocycles. The van der Waals surface area contributed by atoms with Gasteiger partial charge in [0.2, 0.25) is 5.89 Å². The first-order valence-electron chi connectivity index (χ1n) is 10.4. The summed E-state index contributed by atoms with van der Waals surface area (Å²) in [6.07, 6.45) is 4.58. The first-order chi connectivity index (χ1) is 15.0. The molecule has 6 nitrogen and oxygen atoms in total. The average molecular weight is 421 g/mol. The molecule has 3 rings (SSSR count). The number of aromatic nitrogens is 1. The maximum absolute atomic E-state index is 12.7. The Bertz CT molecular complexity index is 1050. The van der Waals surface area contributed by atoms with Crippen LogP contribution in [0.4, 0.5) is 0 Å². The van der Waals surface area contributed by atoms with E-state index in [9.17, 15) is 4.79 Å². The quantitative estimate of drug-likeness (QED) is 0.303. The van der Waals surface area contributed by atoms with Crippen LogP contribution in [0.15, 0.2) is 59.2 Å². The van der Waals surface area contributed by atoms with E-state index in [-0.39, 0.29) is 11.9 Å². The molecule has 0 aliphatic heterocycles. The summed E-state index contributed by atoms with van der Waals surface area (Å²) >= 11 is 0. The second kappa shape index (κ2) is 10.5. The predicted molar refractivity (Wildman–Crippen MR) is 120 cm³/mol. The minimum Gasteiger partial charge on any atom is -0.490 e. The van der Waals surface area contributed by atoms with E-state index >= 15 is 0 Å². The number of carbonyl (C=O) groups excluding carboxylic acids is 1. The smallest absolute Gasteiger partial charge is 0.226 e. The standard InChI is InChI=1S/C25H27NO5/c1-5-28-23-14-11-18(15-24(23)29-6-2)25-26-19(16-30-25)12-13-21(27)20-9-7-8-10-22(20)31-17(3)4/h7-17H,5-6H2,1-4H3/b13-12+. The minimum atomic E-state index is -0.166. The first kappa shape index (κ1) is 22.2. The third-order valence-electron chi connectivity index (χ3n) is 4.23. The molecule has 3 aromatic rings. The molecule has 162 valence electrons. The zero-order valence-corrected chi connectivity index (χ0v) is 18.3. The highest BCUT2D eigenvalue weighted by atomic mass is 16.5. The third kappa shape index (κ3) is 5.75. The summed E-state index contributed by atoms with van der Waals surface area (Å²) < 4.78 is 22.6. The van der Waals surface area contributed by atoms with Crippen LogP contribution in [-0.4, -0.2) is 30.1 Å². The number of carbonyl (C=O) groups is 1. The number of para-hydroxylation sites is 1.